The van der Waals surface area contributed by atoms with Crippen molar-refractivity contribution in [3.05, 3.63) is 0 Å². The second-order valence-electron chi connectivity index (χ2n) is 6.46. The molecule has 3 fully saturated rings. The third-order valence-corrected chi connectivity index (χ3v) is 5.25. The fourth-order valence-electron chi connectivity index (χ4n) is 4.37. The Hall–Kier alpha value is -0.0800. The van der Waals surface area contributed by atoms with E-state index < -0.39 is 0 Å². The van der Waals surface area contributed by atoms with Gasteiger partial charge in [-0.1, -0.05) is 12.8 Å². The van der Waals surface area contributed by atoms with Crippen LogP contribution in [-0.4, -0.2) is 37.1 Å². The second-order valence-corrected chi connectivity index (χ2v) is 6.46. The highest BCUT2D eigenvalue weighted by molar-refractivity contribution is 4.88. The summed E-state index contributed by atoms with van der Waals surface area (Å²) in [4.78, 5) is 2.87. The molecular weight excluding hydrogens is 208 g/mol. The molecule has 1 N–H and O–H groups in total. The van der Waals surface area contributed by atoms with Crippen LogP contribution in [0.25, 0.3) is 0 Å². The van der Waals surface area contributed by atoms with Gasteiger partial charge in [0.25, 0.3) is 0 Å². The predicted octanol–water partition coefficient (Wildman–Crippen LogP) is 2.64. The zero-order chi connectivity index (χ0) is 11.5. The van der Waals surface area contributed by atoms with Gasteiger partial charge in [-0.25, -0.2) is 0 Å². The molecule has 0 bridgehead atoms. The summed E-state index contributed by atoms with van der Waals surface area (Å²) in [6, 6.07) is 0.958. The Morgan fingerprint density at radius 2 is 1.82 bits per heavy atom. The summed E-state index contributed by atoms with van der Waals surface area (Å²) < 4.78 is 0. The largest absolute Gasteiger partial charge is 0.316 e. The molecule has 0 aromatic rings. The zero-order valence-electron chi connectivity index (χ0n) is 11.2. The van der Waals surface area contributed by atoms with E-state index in [2.05, 4.69) is 10.2 Å². The number of rotatable bonds is 2. The Labute approximate surface area is 106 Å². The first-order valence-electron chi connectivity index (χ1n) is 7.88. The maximum absolute atomic E-state index is 3.57. The van der Waals surface area contributed by atoms with Crippen molar-refractivity contribution in [2.45, 2.75) is 57.4 Å². The molecule has 2 heterocycles. The summed E-state index contributed by atoms with van der Waals surface area (Å²) in [5.74, 6) is 1.98. The first kappa shape index (κ1) is 12.0. The van der Waals surface area contributed by atoms with E-state index >= 15 is 0 Å². The Morgan fingerprint density at radius 3 is 2.71 bits per heavy atom. The minimum Gasteiger partial charge on any atom is -0.316 e. The summed E-state index contributed by atoms with van der Waals surface area (Å²) in [6.45, 7) is 5.29. The normalized spacial score (nSPS) is 39.9. The van der Waals surface area contributed by atoms with E-state index in [1.807, 2.05) is 0 Å². The summed E-state index contributed by atoms with van der Waals surface area (Å²) in [7, 11) is 0. The second kappa shape index (κ2) is 5.71. The van der Waals surface area contributed by atoms with Crippen LogP contribution >= 0.6 is 0 Å². The van der Waals surface area contributed by atoms with E-state index in [1.54, 1.807) is 0 Å². The Morgan fingerprint density at radius 1 is 0.941 bits per heavy atom. The fraction of sp³-hybridized carbons (Fsp3) is 1.00. The topological polar surface area (TPSA) is 15.3 Å². The zero-order valence-corrected chi connectivity index (χ0v) is 11.2. The van der Waals surface area contributed by atoms with E-state index in [-0.39, 0.29) is 0 Å². The van der Waals surface area contributed by atoms with Crippen LogP contribution in [0, 0.1) is 11.8 Å². The number of nitrogens with zero attached hydrogens (tertiary/aromatic N) is 1. The average Bonchev–Trinajstić information content (AvgIpc) is 2.40. The van der Waals surface area contributed by atoms with E-state index in [4.69, 9.17) is 0 Å². The Kier molecular flexibility index (Phi) is 4.02. The number of fused-ring (bicyclic) bond motifs is 1. The maximum atomic E-state index is 3.57. The lowest BCUT2D eigenvalue weighted by atomic mass is 9.78. The van der Waals surface area contributed by atoms with Crippen LogP contribution in [0.3, 0.4) is 0 Å². The van der Waals surface area contributed by atoms with Crippen molar-refractivity contribution in [3.63, 3.8) is 0 Å². The predicted molar refractivity (Wildman–Crippen MR) is 72.1 cm³/mol. The molecule has 1 aliphatic carbocycles. The SMILES string of the molecule is C1CNCC(CN2CCC[C@H]3CCCC[C@H]32)C1. The van der Waals surface area contributed by atoms with Crippen molar-refractivity contribution in [2.24, 2.45) is 11.8 Å². The van der Waals surface area contributed by atoms with E-state index in [0.717, 1.165) is 17.9 Å². The molecule has 98 valence electrons. The molecule has 3 aliphatic rings. The molecule has 3 atom stereocenters. The van der Waals surface area contributed by atoms with Gasteiger partial charge in [-0.3, -0.25) is 4.90 Å². The van der Waals surface area contributed by atoms with Crippen molar-refractivity contribution in [1.29, 1.82) is 0 Å². The van der Waals surface area contributed by atoms with Gasteiger partial charge in [0.15, 0.2) is 0 Å². The number of hydrogen-bond donors (Lipinski definition) is 1. The molecule has 0 aromatic heterocycles. The molecule has 2 saturated heterocycles. The van der Waals surface area contributed by atoms with Crippen LogP contribution in [0.2, 0.25) is 0 Å². The van der Waals surface area contributed by atoms with Crippen LogP contribution in [0.15, 0.2) is 0 Å². The molecule has 2 heteroatoms. The lowest BCUT2D eigenvalue weighted by Gasteiger charge is -2.45. The molecular formula is C15H28N2. The maximum Gasteiger partial charge on any atom is 0.0124 e. The van der Waals surface area contributed by atoms with Gasteiger partial charge in [0.05, 0.1) is 0 Å². The molecule has 2 aliphatic heterocycles. The van der Waals surface area contributed by atoms with E-state index in [0.29, 0.717) is 0 Å². The number of likely N-dealkylation sites (tertiary alicyclic amines) is 1. The van der Waals surface area contributed by atoms with Crippen molar-refractivity contribution in [2.75, 3.05) is 26.2 Å². The van der Waals surface area contributed by atoms with Crippen LogP contribution in [0.1, 0.15) is 51.4 Å². The molecule has 0 radical (unpaired) electrons. The summed E-state index contributed by atoms with van der Waals surface area (Å²) >= 11 is 0. The minimum absolute atomic E-state index is 0.935. The van der Waals surface area contributed by atoms with Gasteiger partial charge < -0.3 is 5.32 Å². The molecule has 0 spiro atoms. The first-order valence-corrected chi connectivity index (χ1v) is 7.88. The van der Waals surface area contributed by atoms with Gasteiger partial charge in [-0.05, 0) is 70.0 Å². The molecule has 17 heavy (non-hydrogen) atoms. The lowest BCUT2D eigenvalue weighted by Crippen LogP contribution is -2.50. The van der Waals surface area contributed by atoms with Gasteiger partial charge in [0.2, 0.25) is 0 Å². The highest BCUT2D eigenvalue weighted by atomic mass is 15.2. The quantitative estimate of drug-likeness (QED) is 0.793. The standard InChI is InChI=1S/C15H28N2/c1-2-8-15-14(6-1)7-4-10-17(15)12-13-5-3-9-16-11-13/h13-16H,1-12H2/t13?,14-,15-/m1/s1. The smallest absolute Gasteiger partial charge is 0.0124 e. The first-order chi connectivity index (χ1) is 8.43. The Bertz CT molecular complexity index is 233. The van der Waals surface area contributed by atoms with Crippen LogP contribution in [0.5, 0.6) is 0 Å². The monoisotopic (exact) mass is 236 g/mol. The Balaban J connectivity index is 1.56. The molecule has 3 rings (SSSR count). The van der Waals surface area contributed by atoms with E-state index in [9.17, 15) is 0 Å². The average molecular weight is 236 g/mol. The van der Waals surface area contributed by atoms with Gasteiger partial charge >= 0.3 is 0 Å². The van der Waals surface area contributed by atoms with Crippen molar-refractivity contribution in [3.8, 4) is 0 Å². The van der Waals surface area contributed by atoms with Crippen molar-refractivity contribution >= 4 is 0 Å². The lowest BCUT2D eigenvalue weighted by molar-refractivity contribution is 0.0447. The third-order valence-electron chi connectivity index (χ3n) is 5.25. The summed E-state index contributed by atoms with van der Waals surface area (Å²) in [6.07, 6.45) is 11.8. The van der Waals surface area contributed by atoms with Gasteiger partial charge in [-0.2, -0.15) is 0 Å². The van der Waals surface area contributed by atoms with Crippen LogP contribution in [0.4, 0.5) is 0 Å². The highest BCUT2D eigenvalue weighted by Crippen LogP contribution is 2.35. The van der Waals surface area contributed by atoms with Gasteiger partial charge in [0, 0.05) is 12.6 Å². The van der Waals surface area contributed by atoms with E-state index in [1.165, 1.54) is 77.5 Å². The molecule has 2 nitrogen and oxygen atoms in total. The van der Waals surface area contributed by atoms with Crippen LogP contribution in [-0.2, 0) is 0 Å². The number of piperidine rings is 2. The van der Waals surface area contributed by atoms with Crippen molar-refractivity contribution in [1.82, 2.24) is 10.2 Å². The van der Waals surface area contributed by atoms with Crippen LogP contribution < -0.4 is 5.32 Å². The number of hydrogen-bond acceptors (Lipinski definition) is 2. The molecule has 1 unspecified atom stereocenters. The van der Waals surface area contributed by atoms with Crippen molar-refractivity contribution < 1.29 is 0 Å². The highest BCUT2D eigenvalue weighted by Gasteiger charge is 2.34. The molecule has 0 amide bonds. The summed E-state index contributed by atoms with van der Waals surface area (Å²) in [5.41, 5.74) is 0. The number of nitrogens with one attached hydrogen (secondary N) is 1. The third kappa shape index (κ3) is 2.85. The van der Waals surface area contributed by atoms with Gasteiger partial charge in [-0.15, -0.1) is 0 Å². The minimum atomic E-state index is 0.935. The molecule has 0 aromatic carbocycles. The van der Waals surface area contributed by atoms with Gasteiger partial charge in [0.1, 0.15) is 0 Å². The fourth-order valence-corrected chi connectivity index (χ4v) is 4.37. The summed E-state index contributed by atoms with van der Waals surface area (Å²) in [5, 5.41) is 3.57. The molecule has 1 saturated carbocycles.